The van der Waals surface area contributed by atoms with E-state index in [1.807, 2.05) is 11.3 Å². The summed E-state index contributed by atoms with van der Waals surface area (Å²) in [6.07, 6.45) is 0. The number of nitrogens with zero attached hydrogens (tertiary/aromatic N) is 2. The van der Waals surface area contributed by atoms with Gasteiger partial charge in [0.25, 0.3) is 0 Å². The van der Waals surface area contributed by atoms with Gasteiger partial charge in [0.1, 0.15) is 0 Å². The van der Waals surface area contributed by atoms with Crippen molar-refractivity contribution in [2.75, 3.05) is 0 Å². The van der Waals surface area contributed by atoms with E-state index in [1.165, 1.54) is 95.7 Å². The molecule has 0 radical (unpaired) electrons. The van der Waals surface area contributed by atoms with Crippen LogP contribution in [0.1, 0.15) is 0 Å². The molecule has 0 aliphatic carbocycles. The van der Waals surface area contributed by atoms with E-state index in [0.29, 0.717) is 0 Å². The number of hydrogen-bond acceptors (Lipinski definition) is 1. The molecule has 2 nitrogen and oxygen atoms in total. The minimum absolute atomic E-state index is 1.15. The first-order valence-corrected chi connectivity index (χ1v) is 24.8. The van der Waals surface area contributed by atoms with Crippen LogP contribution in [0.2, 0.25) is 0 Å². The molecule has 0 spiro atoms. The van der Waals surface area contributed by atoms with Gasteiger partial charge in [-0.3, -0.25) is 0 Å². The number of para-hydroxylation sites is 2. The molecule has 0 aliphatic heterocycles. The van der Waals surface area contributed by atoms with Crippen LogP contribution in [0.15, 0.2) is 243 Å². The van der Waals surface area contributed by atoms with E-state index in [2.05, 4.69) is 252 Å². The lowest BCUT2D eigenvalue weighted by atomic mass is 10.0. The molecule has 0 bridgehead atoms. The van der Waals surface area contributed by atoms with Crippen molar-refractivity contribution in [1.29, 1.82) is 0 Å². The van der Waals surface area contributed by atoms with Crippen LogP contribution >= 0.6 is 11.3 Å². The Kier molecular flexibility index (Phi) is 8.45. The number of benzene rings is 10. The number of rotatable bonds is 7. The van der Waals surface area contributed by atoms with E-state index < -0.39 is 8.07 Å². The van der Waals surface area contributed by atoms with Crippen LogP contribution in [0.4, 0.5) is 0 Å². The van der Waals surface area contributed by atoms with Crippen molar-refractivity contribution in [3.63, 3.8) is 0 Å². The standard InChI is InChI=1S/C60H40N2SSi/c1-4-16-45(17-5-1)64(46-18-6-2-7-19-46,47-20-8-3-9-21-47)48-33-30-43(31-34-48)61-56-26-14-11-23-50(56)53-40-44(32-36-57(53)61)62-55-25-13-10-22-49(55)51-35-28-42(39-58(51)62)41-29-37-60-54(38-41)52-24-12-15-27-59(52)63-60/h1-40H. The Morgan fingerprint density at radius 2 is 0.719 bits per heavy atom. The fourth-order valence-electron chi connectivity index (χ4n) is 10.6. The monoisotopic (exact) mass is 848 g/mol. The molecule has 0 N–H and O–H groups in total. The third kappa shape index (κ3) is 5.56. The molecule has 13 rings (SSSR count). The number of aromatic nitrogens is 2. The van der Waals surface area contributed by atoms with Crippen molar-refractivity contribution in [3.8, 4) is 22.5 Å². The highest BCUT2D eigenvalue weighted by atomic mass is 32.1. The van der Waals surface area contributed by atoms with E-state index in [0.717, 1.165) is 11.4 Å². The van der Waals surface area contributed by atoms with Gasteiger partial charge in [-0.1, -0.05) is 176 Å². The Labute approximate surface area is 376 Å². The molecule has 0 amide bonds. The molecule has 0 atom stereocenters. The van der Waals surface area contributed by atoms with Gasteiger partial charge in [0.05, 0.1) is 22.1 Å². The average molecular weight is 849 g/mol. The zero-order valence-electron chi connectivity index (χ0n) is 34.9. The van der Waals surface area contributed by atoms with E-state index in [9.17, 15) is 0 Å². The van der Waals surface area contributed by atoms with Crippen molar-refractivity contribution in [3.05, 3.63) is 243 Å². The van der Waals surface area contributed by atoms with Crippen molar-refractivity contribution >= 4 is 104 Å². The molecule has 0 aliphatic rings. The fourth-order valence-corrected chi connectivity index (χ4v) is 16.5. The maximum Gasteiger partial charge on any atom is 0.179 e. The molecule has 3 aromatic heterocycles. The van der Waals surface area contributed by atoms with Crippen LogP contribution in [0.3, 0.4) is 0 Å². The van der Waals surface area contributed by atoms with E-state index >= 15 is 0 Å². The largest absolute Gasteiger partial charge is 0.309 e. The predicted octanol–water partition coefficient (Wildman–Crippen LogP) is 13.3. The fraction of sp³-hybridized carbons (Fsp3) is 0. The van der Waals surface area contributed by atoms with Gasteiger partial charge < -0.3 is 9.13 Å². The second-order valence-electron chi connectivity index (χ2n) is 16.8. The van der Waals surface area contributed by atoms with E-state index in [4.69, 9.17) is 0 Å². The minimum atomic E-state index is -2.66. The molecule has 3 heterocycles. The Bertz CT molecular complexity index is 3790. The minimum Gasteiger partial charge on any atom is -0.309 e. The normalized spacial score (nSPS) is 12.1. The molecule has 13 aromatic rings. The van der Waals surface area contributed by atoms with Crippen molar-refractivity contribution in [2.45, 2.75) is 0 Å². The lowest BCUT2D eigenvalue weighted by Crippen LogP contribution is -2.74. The molecule has 64 heavy (non-hydrogen) atoms. The topological polar surface area (TPSA) is 9.86 Å². The number of hydrogen-bond donors (Lipinski definition) is 0. The molecule has 0 fully saturated rings. The molecule has 10 aromatic carbocycles. The second-order valence-corrected chi connectivity index (χ2v) is 21.7. The highest BCUT2D eigenvalue weighted by Gasteiger charge is 2.41. The Morgan fingerprint density at radius 3 is 1.38 bits per heavy atom. The quantitative estimate of drug-likeness (QED) is 0.112. The molecular formula is C60H40N2SSi. The van der Waals surface area contributed by atoms with Gasteiger partial charge in [0.15, 0.2) is 8.07 Å². The van der Waals surface area contributed by atoms with Crippen molar-refractivity contribution in [1.82, 2.24) is 9.13 Å². The summed E-state index contributed by atoms with van der Waals surface area (Å²) in [6.45, 7) is 0. The summed E-state index contributed by atoms with van der Waals surface area (Å²) in [7, 11) is -2.66. The summed E-state index contributed by atoms with van der Waals surface area (Å²) in [6, 6.07) is 90.4. The third-order valence-corrected chi connectivity index (χ3v) is 19.4. The second kappa shape index (κ2) is 14.7. The zero-order chi connectivity index (χ0) is 42.2. The molecule has 4 heteroatoms. The molecule has 0 saturated carbocycles. The van der Waals surface area contributed by atoms with Gasteiger partial charge in [-0.05, 0) is 98.6 Å². The van der Waals surface area contributed by atoms with Gasteiger partial charge in [-0.15, -0.1) is 11.3 Å². The van der Waals surface area contributed by atoms with Crippen LogP contribution in [0, 0.1) is 0 Å². The van der Waals surface area contributed by atoms with Crippen LogP contribution in [0.25, 0.3) is 86.3 Å². The zero-order valence-corrected chi connectivity index (χ0v) is 36.7. The van der Waals surface area contributed by atoms with Gasteiger partial charge >= 0.3 is 0 Å². The third-order valence-electron chi connectivity index (χ3n) is 13.5. The smallest absolute Gasteiger partial charge is 0.179 e. The summed E-state index contributed by atoms with van der Waals surface area (Å²) in [5.41, 5.74) is 9.54. The van der Waals surface area contributed by atoms with Crippen molar-refractivity contribution < 1.29 is 0 Å². The van der Waals surface area contributed by atoms with Crippen molar-refractivity contribution in [2.24, 2.45) is 0 Å². The maximum atomic E-state index is 2.47. The number of thiophene rings is 1. The molecular weight excluding hydrogens is 809 g/mol. The maximum absolute atomic E-state index is 2.66. The summed E-state index contributed by atoms with van der Waals surface area (Å²) >= 11 is 1.87. The van der Waals surface area contributed by atoms with Crippen LogP contribution < -0.4 is 20.7 Å². The Balaban J connectivity index is 0.973. The average Bonchev–Trinajstić information content (AvgIpc) is 4.02. The SMILES string of the molecule is c1ccc([Si](c2ccccc2)(c2ccccc2)c2ccc(-n3c4ccccc4c4cc(-n5c6ccccc6c6ccc(-c7ccc8sc9ccccc9c8c7)cc65)ccc43)cc2)cc1. The van der Waals surface area contributed by atoms with Crippen LogP contribution in [-0.4, -0.2) is 17.2 Å². The first-order valence-electron chi connectivity index (χ1n) is 22.0. The lowest BCUT2D eigenvalue weighted by molar-refractivity contribution is 1.17. The van der Waals surface area contributed by atoms with Gasteiger partial charge in [0.2, 0.25) is 0 Å². The highest BCUT2D eigenvalue weighted by molar-refractivity contribution is 7.25. The van der Waals surface area contributed by atoms with E-state index in [1.54, 1.807) is 0 Å². The van der Waals surface area contributed by atoms with Crippen LogP contribution in [0.5, 0.6) is 0 Å². The first-order chi connectivity index (χ1) is 31.7. The predicted molar refractivity (Wildman–Crippen MR) is 277 cm³/mol. The molecule has 0 saturated heterocycles. The summed E-state index contributed by atoms with van der Waals surface area (Å²) < 4.78 is 7.57. The van der Waals surface area contributed by atoms with Crippen LogP contribution in [-0.2, 0) is 0 Å². The first kappa shape index (κ1) is 36.9. The highest BCUT2D eigenvalue weighted by Crippen LogP contribution is 2.40. The van der Waals surface area contributed by atoms with E-state index in [-0.39, 0.29) is 0 Å². The molecule has 300 valence electrons. The summed E-state index contributed by atoms with van der Waals surface area (Å²) in [5, 5.41) is 13.1. The summed E-state index contributed by atoms with van der Waals surface area (Å²) in [4.78, 5) is 0. The number of fused-ring (bicyclic) bond motifs is 9. The Hall–Kier alpha value is -7.76. The van der Waals surface area contributed by atoms with Gasteiger partial charge in [-0.2, -0.15) is 0 Å². The van der Waals surface area contributed by atoms with Gasteiger partial charge in [0, 0.05) is 53.1 Å². The van der Waals surface area contributed by atoms with Gasteiger partial charge in [-0.25, -0.2) is 0 Å². The molecule has 0 unspecified atom stereocenters. The Morgan fingerprint density at radius 1 is 0.266 bits per heavy atom. The summed E-state index contributed by atoms with van der Waals surface area (Å²) in [5.74, 6) is 0. The lowest BCUT2D eigenvalue weighted by Gasteiger charge is -2.34.